The van der Waals surface area contributed by atoms with Gasteiger partial charge in [0.2, 0.25) is 0 Å². The van der Waals surface area contributed by atoms with Gasteiger partial charge in [0.05, 0.1) is 0 Å². The first-order valence-corrected chi connectivity index (χ1v) is 7.92. The Balaban J connectivity index is 0.000000251. The Morgan fingerprint density at radius 1 is 0.640 bits per heavy atom. The van der Waals surface area contributed by atoms with Crippen LogP contribution in [0, 0.1) is 17.5 Å². The highest BCUT2D eigenvalue weighted by Crippen LogP contribution is 2.34. The molecule has 0 aliphatic carbocycles. The Labute approximate surface area is 146 Å². The molecule has 0 saturated carbocycles. The first-order chi connectivity index (χ1) is 11.3. The van der Waals surface area contributed by atoms with E-state index >= 15 is 0 Å². The summed E-state index contributed by atoms with van der Waals surface area (Å²) in [7, 11) is 0. The molecule has 2 rings (SSSR count). The highest BCUT2D eigenvalue weighted by atomic mass is 19.2. The summed E-state index contributed by atoms with van der Waals surface area (Å²) >= 11 is 0. The number of phenolic OH excluding ortho intramolecular Hbond substituents is 2. The molecule has 2 aromatic rings. The van der Waals surface area contributed by atoms with Crippen LogP contribution in [0.1, 0.15) is 52.7 Å². The van der Waals surface area contributed by atoms with Crippen molar-refractivity contribution in [3.63, 3.8) is 0 Å². The zero-order valence-electron chi connectivity index (χ0n) is 15.4. The van der Waals surface area contributed by atoms with E-state index in [2.05, 4.69) is 0 Å². The fraction of sp³-hybridized carbons (Fsp3) is 0.400. The van der Waals surface area contributed by atoms with Crippen molar-refractivity contribution in [1.82, 2.24) is 0 Å². The molecule has 0 radical (unpaired) electrons. The van der Waals surface area contributed by atoms with E-state index in [0.717, 1.165) is 6.07 Å². The summed E-state index contributed by atoms with van der Waals surface area (Å²) in [6.07, 6.45) is 0. The summed E-state index contributed by atoms with van der Waals surface area (Å²) in [6, 6.07) is 6.45. The molecule has 0 heterocycles. The predicted octanol–water partition coefficient (Wildman–Crippen LogP) is 5.80. The molecule has 0 fully saturated rings. The second-order valence-corrected chi connectivity index (χ2v) is 7.89. The molecular weight excluding hydrogens is 329 g/mol. The van der Waals surface area contributed by atoms with E-state index in [1.54, 1.807) is 20.8 Å². The first kappa shape index (κ1) is 20.9. The number of aromatic hydroxyl groups is 2. The van der Waals surface area contributed by atoms with E-state index in [-0.39, 0.29) is 28.3 Å². The van der Waals surface area contributed by atoms with Crippen molar-refractivity contribution in [1.29, 1.82) is 0 Å². The van der Waals surface area contributed by atoms with Crippen LogP contribution in [0.2, 0.25) is 0 Å². The summed E-state index contributed by atoms with van der Waals surface area (Å²) in [5.74, 6) is -2.41. The molecule has 0 aromatic heterocycles. The lowest BCUT2D eigenvalue weighted by Gasteiger charge is -2.20. The Hall–Kier alpha value is -2.17. The molecule has 0 saturated heterocycles. The zero-order valence-corrected chi connectivity index (χ0v) is 15.4. The third-order valence-corrected chi connectivity index (χ3v) is 3.56. The van der Waals surface area contributed by atoms with E-state index in [4.69, 9.17) is 0 Å². The standard InChI is InChI=1S/C10H12F2O.C10H13FO/c1-10(2,3)8-7(13)5-4-6(11)9(8)12;1-10(2,3)9-7(11)5-4-6-8(9)12/h4-5,13H,1-3H3;4-6,12H,1-3H3. The molecule has 2 aromatic carbocycles. The molecule has 0 atom stereocenters. The monoisotopic (exact) mass is 354 g/mol. The highest BCUT2D eigenvalue weighted by Gasteiger charge is 2.24. The fourth-order valence-corrected chi connectivity index (χ4v) is 2.51. The highest BCUT2D eigenvalue weighted by molar-refractivity contribution is 5.39. The molecule has 0 bridgehead atoms. The van der Waals surface area contributed by atoms with Crippen LogP contribution in [0.15, 0.2) is 30.3 Å². The Kier molecular flexibility index (Phi) is 6.16. The second kappa shape index (κ2) is 7.38. The maximum Gasteiger partial charge on any atom is 0.166 e. The maximum absolute atomic E-state index is 13.2. The van der Waals surface area contributed by atoms with Crippen LogP contribution in [0.4, 0.5) is 13.2 Å². The van der Waals surface area contributed by atoms with E-state index in [1.807, 2.05) is 20.8 Å². The fourth-order valence-electron chi connectivity index (χ4n) is 2.51. The van der Waals surface area contributed by atoms with Crippen LogP contribution in [0.3, 0.4) is 0 Å². The van der Waals surface area contributed by atoms with E-state index in [9.17, 15) is 23.4 Å². The van der Waals surface area contributed by atoms with Gasteiger partial charge in [0.1, 0.15) is 17.3 Å². The van der Waals surface area contributed by atoms with Crippen molar-refractivity contribution in [3.05, 3.63) is 58.9 Å². The zero-order chi connectivity index (χ0) is 19.6. The van der Waals surface area contributed by atoms with Crippen LogP contribution in [-0.2, 0) is 10.8 Å². The molecule has 138 valence electrons. The molecule has 25 heavy (non-hydrogen) atoms. The van der Waals surface area contributed by atoms with Crippen molar-refractivity contribution < 1.29 is 23.4 Å². The molecule has 0 amide bonds. The Morgan fingerprint density at radius 2 is 1.12 bits per heavy atom. The van der Waals surface area contributed by atoms with Crippen molar-refractivity contribution >= 4 is 0 Å². The van der Waals surface area contributed by atoms with Crippen LogP contribution in [0.5, 0.6) is 11.5 Å². The molecule has 2 N–H and O–H groups in total. The summed E-state index contributed by atoms with van der Waals surface area (Å²) in [6.45, 7) is 10.7. The predicted molar refractivity (Wildman–Crippen MR) is 93.5 cm³/mol. The van der Waals surface area contributed by atoms with Crippen LogP contribution >= 0.6 is 0 Å². The van der Waals surface area contributed by atoms with Gasteiger partial charge in [0.25, 0.3) is 0 Å². The van der Waals surface area contributed by atoms with Gasteiger partial charge in [-0.15, -0.1) is 0 Å². The summed E-state index contributed by atoms with van der Waals surface area (Å²) in [4.78, 5) is 0. The van der Waals surface area contributed by atoms with E-state index in [0.29, 0.717) is 5.56 Å². The van der Waals surface area contributed by atoms with E-state index < -0.39 is 17.0 Å². The van der Waals surface area contributed by atoms with Crippen LogP contribution in [-0.4, -0.2) is 10.2 Å². The number of rotatable bonds is 0. The van der Waals surface area contributed by atoms with Gasteiger partial charge in [-0.1, -0.05) is 47.6 Å². The van der Waals surface area contributed by atoms with Gasteiger partial charge in [0, 0.05) is 11.1 Å². The first-order valence-electron chi connectivity index (χ1n) is 7.92. The summed E-state index contributed by atoms with van der Waals surface area (Å²) in [5.41, 5.74) is -0.552. The van der Waals surface area contributed by atoms with Crippen molar-refractivity contribution in [3.8, 4) is 11.5 Å². The maximum atomic E-state index is 13.2. The molecular formula is C20H25F3O2. The normalized spacial score (nSPS) is 11.7. The quantitative estimate of drug-likeness (QED) is 0.628. The Bertz CT molecular complexity index is 722. The minimum Gasteiger partial charge on any atom is -0.508 e. The molecule has 2 nitrogen and oxygen atoms in total. The van der Waals surface area contributed by atoms with Crippen molar-refractivity contribution in [2.24, 2.45) is 0 Å². The molecule has 0 spiro atoms. The van der Waals surface area contributed by atoms with Crippen LogP contribution in [0.25, 0.3) is 0 Å². The number of halogens is 3. The average molecular weight is 354 g/mol. The van der Waals surface area contributed by atoms with E-state index in [1.165, 1.54) is 24.3 Å². The van der Waals surface area contributed by atoms with Crippen molar-refractivity contribution in [2.75, 3.05) is 0 Å². The van der Waals surface area contributed by atoms with Gasteiger partial charge in [-0.3, -0.25) is 0 Å². The number of benzene rings is 2. The third-order valence-electron chi connectivity index (χ3n) is 3.56. The second-order valence-electron chi connectivity index (χ2n) is 7.89. The number of phenols is 2. The summed E-state index contributed by atoms with van der Waals surface area (Å²) in [5, 5.41) is 18.7. The third kappa shape index (κ3) is 5.15. The minimum atomic E-state index is -0.965. The molecule has 0 aliphatic heterocycles. The lowest BCUT2D eigenvalue weighted by Crippen LogP contribution is -2.14. The van der Waals surface area contributed by atoms with Crippen LogP contribution < -0.4 is 0 Å². The topological polar surface area (TPSA) is 40.5 Å². The lowest BCUT2D eigenvalue weighted by molar-refractivity contribution is 0.410. The molecule has 5 heteroatoms. The smallest absolute Gasteiger partial charge is 0.166 e. The minimum absolute atomic E-state index is 0.0208. The van der Waals surface area contributed by atoms with Gasteiger partial charge in [0.15, 0.2) is 11.6 Å². The molecule has 0 unspecified atom stereocenters. The van der Waals surface area contributed by atoms with Gasteiger partial charge < -0.3 is 10.2 Å². The van der Waals surface area contributed by atoms with Gasteiger partial charge in [-0.25, -0.2) is 13.2 Å². The molecule has 0 aliphatic rings. The SMILES string of the molecule is CC(C)(C)c1c(O)ccc(F)c1F.CC(C)(C)c1c(O)cccc1F. The van der Waals surface area contributed by atoms with Crippen molar-refractivity contribution in [2.45, 2.75) is 52.4 Å². The van der Waals surface area contributed by atoms with Gasteiger partial charge in [-0.05, 0) is 35.1 Å². The summed E-state index contributed by atoms with van der Waals surface area (Å²) < 4.78 is 39.2. The average Bonchev–Trinajstić information content (AvgIpc) is 2.41. The number of hydrogen-bond donors (Lipinski definition) is 2. The van der Waals surface area contributed by atoms with Gasteiger partial charge >= 0.3 is 0 Å². The Morgan fingerprint density at radius 3 is 1.48 bits per heavy atom. The number of hydrogen-bond acceptors (Lipinski definition) is 2. The van der Waals surface area contributed by atoms with Gasteiger partial charge in [-0.2, -0.15) is 0 Å². The largest absolute Gasteiger partial charge is 0.508 e. The lowest BCUT2D eigenvalue weighted by atomic mass is 9.86.